The zero-order valence-electron chi connectivity index (χ0n) is 11.2. The van der Waals surface area contributed by atoms with Crippen molar-refractivity contribution >= 4 is 30.0 Å². The number of aryl methyl sites for hydroxylation is 1. The molecule has 3 rings (SSSR count). The molecule has 3 nitrogen and oxygen atoms in total. The monoisotopic (exact) mass is 317 g/mol. The van der Waals surface area contributed by atoms with E-state index in [1.807, 2.05) is 33.2 Å². The van der Waals surface area contributed by atoms with Gasteiger partial charge < -0.3 is 0 Å². The fourth-order valence-corrected chi connectivity index (χ4v) is 4.19. The third-order valence-corrected chi connectivity index (χ3v) is 5.52. The van der Waals surface area contributed by atoms with E-state index in [1.54, 1.807) is 0 Å². The van der Waals surface area contributed by atoms with Gasteiger partial charge in [0.05, 0.1) is 0 Å². The molecule has 1 aromatic carbocycles. The van der Waals surface area contributed by atoms with Crippen LogP contribution in [-0.2, 0) is 0 Å². The number of rotatable bonds is 1. The van der Waals surface area contributed by atoms with Crippen LogP contribution in [-0.4, -0.2) is 33.6 Å². The molecule has 4 heteroatoms. The fraction of sp³-hybridized carbons (Fsp3) is 0.200. The van der Waals surface area contributed by atoms with Crippen LogP contribution in [0.5, 0.6) is 0 Å². The Bertz CT molecular complexity index is 789. The zero-order chi connectivity index (χ0) is 13.6. The van der Waals surface area contributed by atoms with Gasteiger partial charge in [0.1, 0.15) is 0 Å². The summed E-state index contributed by atoms with van der Waals surface area (Å²) in [5.74, 6) is 0. The van der Waals surface area contributed by atoms with Gasteiger partial charge in [-0.1, -0.05) is 0 Å². The molecule has 0 atom stereocenters. The van der Waals surface area contributed by atoms with Gasteiger partial charge >= 0.3 is 118 Å². The van der Waals surface area contributed by atoms with Gasteiger partial charge in [-0.2, -0.15) is 0 Å². The first-order valence-electron chi connectivity index (χ1n) is 6.12. The number of nitrogens with one attached hydrogen (secondary N) is 1. The Balaban J connectivity index is 2.33. The molecule has 1 aromatic rings. The summed E-state index contributed by atoms with van der Waals surface area (Å²) in [5.41, 5.74) is 4.32. The Kier molecular flexibility index (Phi) is 2.92. The van der Waals surface area contributed by atoms with Crippen LogP contribution in [0.3, 0.4) is 0 Å². The average molecular weight is 316 g/mol. The van der Waals surface area contributed by atoms with Crippen molar-refractivity contribution < 1.29 is 0 Å². The number of anilines is 1. The quantitative estimate of drug-likeness (QED) is 0.552. The second kappa shape index (κ2) is 4.48. The normalized spacial score (nSPS) is 11.1. The molecule has 0 aromatic heterocycles. The van der Waals surface area contributed by atoms with E-state index in [4.69, 9.17) is 10.4 Å². The van der Waals surface area contributed by atoms with Gasteiger partial charge in [-0.15, -0.1) is 0 Å². The maximum atomic E-state index is 7.91. The van der Waals surface area contributed by atoms with E-state index >= 15 is 0 Å². The number of hydrogen-bond donors (Lipinski definition) is 1. The summed E-state index contributed by atoms with van der Waals surface area (Å²) in [5, 5.41) is 8.53. The number of aromatic nitrogens is 1. The summed E-state index contributed by atoms with van der Waals surface area (Å²) in [7, 11) is 4.10. The third-order valence-electron chi connectivity index (χ3n) is 3.23. The summed E-state index contributed by atoms with van der Waals surface area (Å²) in [4.78, 5) is 6.83. The van der Waals surface area contributed by atoms with Crippen molar-refractivity contribution in [3.8, 4) is 10.1 Å². The van der Waals surface area contributed by atoms with E-state index in [1.165, 1.54) is 14.4 Å². The second-order valence-electron chi connectivity index (χ2n) is 4.90. The third kappa shape index (κ3) is 2.18. The summed E-state index contributed by atoms with van der Waals surface area (Å²) in [6.45, 7) is 1.97. The van der Waals surface area contributed by atoms with Crippen molar-refractivity contribution in [2.75, 3.05) is 19.0 Å². The molecule has 0 spiro atoms. The summed E-state index contributed by atoms with van der Waals surface area (Å²) >= 11 is 0.238. The van der Waals surface area contributed by atoms with E-state index in [0.29, 0.717) is 5.36 Å². The summed E-state index contributed by atoms with van der Waals surface area (Å²) in [6, 6.07) is 10.4. The van der Waals surface area contributed by atoms with Gasteiger partial charge in [-0.3, -0.25) is 0 Å². The number of nitrogens with zero attached hydrogens (tertiary/aromatic N) is 2. The van der Waals surface area contributed by atoms with Crippen LogP contribution in [0.1, 0.15) is 5.56 Å². The Labute approximate surface area is 118 Å². The predicted octanol–water partition coefficient (Wildman–Crippen LogP) is 2.25. The van der Waals surface area contributed by atoms with Crippen molar-refractivity contribution in [1.82, 2.24) is 4.98 Å². The number of benzene rings is 2. The van der Waals surface area contributed by atoms with E-state index in [9.17, 15) is 0 Å². The molecule has 0 unspecified atom stereocenters. The molecular weight excluding hydrogens is 301 g/mol. The Morgan fingerprint density at radius 2 is 1.95 bits per heavy atom. The van der Waals surface area contributed by atoms with Crippen molar-refractivity contribution in [2.24, 2.45) is 0 Å². The molecule has 0 radical (unpaired) electrons. The van der Waals surface area contributed by atoms with Crippen LogP contribution < -0.4 is 10.3 Å². The molecule has 19 heavy (non-hydrogen) atoms. The summed E-state index contributed by atoms with van der Waals surface area (Å²) in [6.07, 6.45) is 0. The molecule has 0 saturated heterocycles. The molecule has 2 aliphatic rings. The van der Waals surface area contributed by atoms with Gasteiger partial charge in [0.15, 0.2) is 0 Å². The Morgan fingerprint density at radius 3 is 2.68 bits per heavy atom. The SMILES string of the molecule is Cc1cc2nc3ccc(N(C)C)cc3[se]c-2cc1=N. The van der Waals surface area contributed by atoms with Crippen LogP contribution in [0.4, 0.5) is 5.69 Å². The maximum absolute atomic E-state index is 7.91. The van der Waals surface area contributed by atoms with Crippen LogP contribution >= 0.6 is 0 Å². The molecule has 1 N–H and O–H groups in total. The zero-order valence-corrected chi connectivity index (χ0v) is 12.9. The first kappa shape index (κ1) is 12.4. The van der Waals surface area contributed by atoms with Crippen molar-refractivity contribution in [3.05, 3.63) is 41.3 Å². The van der Waals surface area contributed by atoms with Crippen LogP contribution in [0.2, 0.25) is 0 Å². The molecule has 1 aliphatic heterocycles. The molecule has 0 fully saturated rings. The molecule has 1 heterocycles. The van der Waals surface area contributed by atoms with Crippen molar-refractivity contribution in [2.45, 2.75) is 6.92 Å². The van der Waals surface area contributed by atoms with Gasteiger partial charge in [0.25, 0.3) is 0 Å². The van der Waals surface area contributed by atoms with Crippen molar-refractivity contribution in [3.63, 3.8) is 0 Å². The van der Waals surface area contributed by atoms with Crippen molar-refractivity contribution in [1.29, 1.82) is 5.41 Å². The first-order valence-corrected chi connectivity index (χ1v) is 7.83. The van der Waals surface area contributed by atoms with Crippen LogP contribution in [0.15, 0.2) is 30.3 Å². The minimum absolute atomic E-state index is 0.238. The van der Waals surface area contributed by atoms with Gasteiger partial charge in [-0.05, 0) is 0 Å². The van der Waals surface area contributed by atoms with Gasteiger partial charge in [-0.25, -0.2) is 0 Å². The molecule has 1 aliphatic carbocycles. The number of hydrogen-bond acceptors (Lipinski definition) is 3. The van der Waals surface area contributed by atoms with E-state index < -0.39 is 0 Å². The topological polar surface area (TPSA) is 40.0 Å². The minimum atomic E-state index is 0.238. The molecule has 0 amide bonds. The first-order chi connectivity index (χ1) is 9.04. The van der Waals surface area contributed by atoms with E-state index in [0.717, 1.165) is 16.8 Å². The standard InChI is InChI=1S/C15H15N3Se/c1-9-6-13-15(8-11(9)16)19-14-7-10(18(2)3)4-5-12(14)17-13/h4-8,16H,1-3H3. The van der Waals surface area contributed by atoms with Gasteiger partial charge in [0.2, 0.25) is 0 Å². The molecular formula is C15H15N3Se. The Morgan fingerprint density at radius 1 is 1.16 bits per heavy atom. The van der Waals surface area contributed by atoms with Crippen LogP contribution in [0, 0.1) is 12.3 Å². The molecule has 0 bridgehead atoms. The second-order valence-corrected chi connectivity index (χ2v) is 7.17. The molecule has 0 saturated carbocycles. The average Bonchev–Trinajstić information content (AvgIpc) is 2.37. The fourth-order valence-electron chi connectivity index (χ4n) is 2.05. The number of fused-ring (bicyclic) bond motifs is 2. The molecule has 96 valence electrons. The summed E-state index contributed by atoms with van der Waals surface area (Å²) < 4.78 is 2.51. The predicted molar refractivity (Wildman–Crippen MR) is 80.2 cm³/mol. The van der Waals surface area contributed by atoms with Crippen LogP contribution in [0.25, 0.3) is 19.9 Å². The van der Waals surface area contributed by atoms with E-state index in [2.05, 4.69) is 23.1 Å². The Hall–Kier alpha value is -1.64. The van der Waals surface area contributed by atoms with Gasteiger partial charge in [0, 0.05) is 0 Å². The van der Waals surface area contributed by atoms with E-state index in [-0.39, 0.29) is 14.5 Å².